The molecule has 0 saturated heterocycles. The van der Waals surface area contributed by atoms with Crippen LogP contribution in [0.2, 0.25) is 0 Å². The minimum absolute atomic E-state index is 0.225. The van der Waals surface area contributed by atoms with Gasteiger partial charge in [-0.15, -0.1) is 11.8 Å². The van der Waals surface area contributed by atoms with Gasteiger partial charge in [0.15, 0.2) is 0 Å². The maximum absolute atomic E-state index is 6.28. The first-order valence-electron chi connectivity index (χ1n) is 18.5. The summed E-state index contributed by atoms with van der Waals surface area (Å²) in [4.78, 5) is 1.28. The average molecular weight is 707 g/mol. The molecule has 254 valence electrons. The molecule has 9 aromatic carbocycles. The van der Waals surface area contributed by atoms with Crippen molar-refractivity contribution in [3.8, 4) is 22.3 Å². The smallest absolute Gasteiger partial charge is 0.136 e. The molecule has 1 atom stereocenters. The Bertz CT molecular complexity index is 3140. The molecule has 11 rings (SSSR count). The number of fused-ring (bicyclic) bond motifs is 9. The third-order valence-electron chi connectivity index (χ3n) is 11.4. The zero-order valence-electron chi connectivity index (χ0n) is 29.6. The Morgan fingerprint density at radius 3 is 1.83 bits per heavy atom. The monoisotopic (exact) mass is 706 g/mol. The summed E-state index contributed by atoms with van der Waals surface area (Å²) in [5, 5.41) is 12.5. The molecule has 2 heteroatoms. The number of furan rings is 1. The zero-order valence-corrected chi connectivity index (χ0v) is 30.4. The molecule has 0 N–H and O–H groups in total. The SMILES string of the molecule is C=C(CC1Sc2ccc3cc4c(cc3c2C1=C)oc1ccccc14)c1ccc2cc(-c3c4ccccc4c(-c4ccccc4)c4ccccc34)ccc2c1. The van der Waals surface area contributed by atoms with E-state index in [2.05, 4.69) is 165 Å². The Kier molecular flexibility index (Phi) is 6.99. The number of benzene rings is 9. The molecule has 54 heavy (non-hydrogen) atoms. The highest BCUT2D eigenvalue weighted by Gasteiger charge is 2.29. The quantitative estimate of drug-likeness (QED) is 0.165. The van der Waals surface area contributed by atoms with E-state index in [4.69, 9.17) is 4.42 Å². The summed E-state index contributed by atoms with van der Waals surface area (Å²) in [6.45, 7) is 9.28. The molecule has 0 aliphatic carbocycles. The lowest BCUT2D eigenvalue weighted by Gasteiger charge is -2.18. The molecule has 0 bridgehead atoms. The number of para-hydroxylation sites is 1. The Labute approximate surface area is 317 Å². The fraction of sp³-hybridized carbons (Fsp3) is 0.0385. The van der Waals surface area contributed by atoms with E-state index in [9.17, 15) is 0 Å². The van der Waals surface area contributed by atoms with Crippen molar-refractivity contribution in [1.82, 2.24) is 0 Å². The van der Waals surface area contributed by atoms with Crippen LogP contribution in [-0.4, -0.2) is 5.25 Å². The van der Waals surface area contributed by atoms with Crippen LogP contribution < -0.4 is 0 Å². The van der Waals surface area contributed by atoms with E-state index in [1.54, 1.807) is 0 Å². The number of rotatable bonds is 5. The second kappa shape index (κ2) is 12.1. The van der Waals surface area contributed by atoms with Crippen molar-refractivity contribution in [2.45, 2.75) is 16.6 Å². The van der Waals surface area contributed by atoms with Gasteiger partial charge in [-0.1, -0.05) is 141 Å². The summed E-state index contributed by atoms with van der Waals surface area (Å²) in [6.07, 6.45) is 0.835. The highest BCUT2D eigenvalue weighted by atomic mass is 32.2. The lowest BCUT2D eigenvalue weighted by Crippen LogP contribution is -2.00. The molecule has 2 heterocycles. The van der Waals surface area contributed by atoms with Crippen LogP contribution >= 0.6 is 11.8 Å². The van der Waals surface area contributed by atoms with Crippen LogP contribution in [0.3, 0.4) is 0 Å². The fourth-order valence-corrected chi connectivity index (χ4v) is 10.2. The van der Waals surface area contributed by atoms with Crippen LogP contribution in [-0.2, 0) is 0 Å². The summed E-state index contributed by atoms with van der Waals surface area (Å²) < 4.78 is 6.28. The normalized spacial score (nSPS) is 14.2. The van der Waals surface area contributed by atoms with Crippen molar-refractivity contribution in [3.63, 3.8) is 0 Å². The van der Waals surface area contributed by atoms with Crippen molar-refractivity contribution in [2.24, 2.45) is 0 Å². The Hall–Kier alpha value is -6.35. The molecular weight excluding hydrogens is 673 g/mol. The van der Waals surface area contributed by atoms with Gasteiger partial charge in [0.1, 0.15) is 11.2 Å². The van der Waals surface area contributed by atoms with Gasteiger partial charge < -0.3 is 4.42 Å². The topological polar surface area (TPSA) is 13.1 Å². The van der Waals surface area contributed by atoms with E-state index in [0.717, 1.165) is 33.9 Å². The second-order valence-electron chi connectivity index (χ2n) is 14.5. The average Bonchev–Trinajstić information content (AvgIpc) is 3.74. The lowest BCUT2D eigenvalue weighted by atomic mass is 9.85. The van der Waals surface area contributed by atoms with Crippen LogP contribution in [0.1, 0.15) is 17.5 Å². The van der Waals surface area contributed by atoms with Crippen LogP contribution in [0.4, 0.5) is 0 Å². The Balaban J connectivity index is 0.922. The third kappa shape index (κ3) is 4.80. The molecule has 1 aliphatic rings. The predicted molar refractivity (Wildman–Crippen MR) is 233 cm³/mol. The first-order valence-corrected chi connectivity index (χ1v) is 19.4. The van der Waals surface area contributed by atoms with Crippen LogP contribution in [0.25, 0.3) is 98.4 Å². The van der Waals surface area contributed by atoms with E-state index >= 15 is 0 Å². The molecule has 0 radical (unpaired) electrons. The van der Waals surface area contributed by atoms with E-state index in [0.29, 0.717) is 0 Å². The van der Waals surface area contributed by atoms with Crippen molar-refractivity contribution in [1.29, 1.82) is 0 Å². The van der Waals surface area contributed by atoms with Crippen molar-refractivity contribution < 1.29 is 4.42 Å². The summed E-state index contributed by atoms with van der Waals surface area (Å²) in [5.41, 5.74) is 11.6. The largest absolute Gasteiger partial charge is 0.456 e. The van der Waals surface area contributed by atoms with Crippen LogP contribution in [0, 0.1) is 0 Å². The van der Waals surface area contributed by atoms with Gasteiger partial charge in [0.25, 0.3) is 0 Å². The second-order valence-corrected chi connectivity index (χ2v) is 15.8. The van der Waals surface area contributed by atoms with E-state index in [1.807, 2.05) is 23.9 Å². The third-order valence-corrected chi connectivity index (χ3v) is 12.8. The van der Waals surface area contributed by atoms with E-state index in [1.165, 1.54) is 86.9 Å². The molecule has 1 unspecified atom stereocenters. The van der Waals surface area contributed by atoms with Gasteiger partial charge in [-0.2, -0.15) is 0 Å². The summed E-state index contributed by atoms with van der Waals surface area (Å²) in [6, 6.07) is 59.5. The van der Waals surface area contributed by atoms with Gasteiger partial charge in [0, 0.05) is 20.9 Å². The van der Waals surface area contributed by atoms with Crippen LogP contribution in [0.15, 0.2) is 186 Å². The van der Waals surface area contributed by atoms with Gasteiger partial charge in [0.05, 0.1) is 0 Å². The number of hydrogen-bond donors (Lipinski definition) is 0. The number of allylic oxidation sites excluding steroid dienone is 1. The summed E-state index contributed by atoms with van der Waals surface area (Å²) in [5.74, 6) is 0. The molecule has 0 fully saturated rings. The van der Waals surface area contributed by atoms with Crippen LogP contribution in [0.5, 0.6) is 0 Å². The maximum Gasteiger partial charge on any atom is 0.136 e. The van der Waals surface area contributed by atoms with Gasteiger partial charge in [-0.25, -0.2) is 0 Å². The number of hydrogen-bond acceptors (Lipinski definition) is 2. The number of thioether (sulfide) groups is 1. The standard InChI is InChI=1S/C52H34OS/c1-31(26-49-32(2)50-44-30-47-45(29-37(44)24-25-48(50)54-49)39-14-10-11-19-46(39)53-47)34-20-21-36-28-38(23-22-35(36)27-34)52-42-17-8-6-15-40(42)51(33-12-4-3-5-13-33)41-16-7-9-18-43(41)52/h3-25,27-30,49H,1-2,26H2. The molecule has 0 spiro atoms. The maximum atomic E-state index is 6.28. The van der Waals surface area contributed by atoms with E-state index < -0.39 is 0 Å². The van der Waals surface area contributed by atoms with Crippen molar-refractivity contribution in [2.75, 3.05) is 0 Å². The zero-order chi connectivity index (χ0) is 35.9. The van der Waals surface area contributed by atoms with E-state index in [-0.39, 0.29) is 5.25 Å². The Morgan fingerprint density at radius 2 is 1.09 bits per heavy atom. The predicted octanol–water partition coefficient (Wildman–Crippen LogP) is 15.1. The minimum Gasteiger partial charge on any atom is -0.456 e. The minimum atomic E-state index is 0.225. The molecule has 1 nitrogen and oxygen atoms in total. The molecule has 1 aliphatic heterocycles. The molecule has 0 amide bonds. The van der Waals surface area contributed by atoms with Crippen molar-refractivity contribution in [3.05, 3.63) is 188 Å². The van der Waals surface area contributed by atoms with Crippen molar-refractivity contribution >= 4 is 87.9 Å². The Morgan fingerprint density at radius 1 is 0.481 bits per heavy atom. The molecule has 0 saturated carbocycles. The highest BCUT2D eigenvalue weighted by Crippen LogP contribution is 2.51. The van der Waals surface area contributed by atoms with Gasteiger partial charge in [0.2, 0.25) is 0 Å². The molecular formula is C52H34OS. The van der Waals surface area contributed by atoms with Gasteiger partial charge in [-0.3, -0.25) is 0 Å². The highest BCUT2D eigenvalue weighted by molar-refractivity contribution is 8.00. The first kappa shape index (κ1) is 31.2. The molecule has 10 aromatic rings. The lowest BCUT2D eigenvalue weighted by molar-refractivity contribution is 0.669. The fourth-order valence-electron chi connectivity index (χ4n) is 8.82. The molecule has 1 aromatic heterocycles. The summed E-state index contributed by atoms with van der Waals surface area (Å²) >= 11 is 1.91. The summed E-state index contributed by atoms with van der Waals surface area (Å²) in [7, 11) is 0. The first-order chi connectivity index (χ1) is 26.6. The van der Waals surface area contributed by atoms with Gasteiger partial charge in [-0.05, 0) is 130 Å². The van der Waals surface area contributed by atoms with Gasteiger partial charge >= 0.3 is 0 Å².